The predicted molar refractivity (Wildman–Crippen MR) is 64.2 cm³/mol. The number of carbonyl (C=O) groups excluding carboxylic acids is 1. The maximum absolute atomic E-state index is 11.1. The number of aliphatic hydroxyl groups excluding tert-OH is 4. The Morgan fingerprint density at radius 1 is 1.21 bits per heavy atom. The molecule has 110 valence electrons. The van der Waals surface area contributed by atoms with Crippen molar-refractivity contribution >= 4 is 5.97 Å². The molecule has 0 spiro atoms. The molecule has 1 aliphatic heterocycles. The van der Waals surface area contributed by atoms with Gasteiger partial charge in [0.25, 0.3) is 0 Å². The van der Waals surface area contributed by atoms with Gasteiger partial charge in [-0.3, -0.25) is 0 Å². The Labute approximate surface area is 111 Å². The molecular formula is C12H20O7. The van der Waals surface area contributed by atoms with E-state index in [-0.39, 0.29) is 18.6 Å². The predicted octanol–water partition coefficient (Wildman–Crippen LogP) is -1.66. The van der Waals surface area contributed by atoms with Crippen molar-refractivity contribution in [3.8, 4) is 0 Å². The Hall–Kier alpha value is -0.990. The molecular weight excluding hydrogens is 256 g/mol. The summed E-state index contributed by atoms with van der Waals surface area (Å²) in [4.78, 5) is 11.1. The monoisotopic (exact) mass is 276 g/mol. The Kier molecular flexibility index (Phi) is 5.89. The van der Waals surface area contributed by atoms with E-state index >= 15 is 0 Å². The summed E-state index contributed by atoms with van der Waals surface area (Å²) in [6.07, 6.45) is -5.72. The van der Waals surface area contributed by atoms with Crippen LogP contribution in [0.1, 0.15) is 13.3 Å². The van der Waals surface area contributed by atoms with E-state index in [1.807, 2.05) is 0 Å². The fourth-order valence-electron chi connectivity index (χ4n) is 1.81. The molecule has 0 amide bonds. The van der Waals surface area contributed by atoms with E-state index in [0.717, 1.165) is 0 Å². The minimum absolute atomic E-state index is 0.0195. The fraction of sp³-hybridized carbons (Fsp3) is 0.750. The summed E-state index contributed by atoms with van der Waals surface area (Å²) < 4.78 is 10.1. The molecule has 0 saturated carbocycles. The minimum Gasteiger partial charge on any atom is -0.462 e. The maximum atomic E-state index is 11.1. The van der Waals surface area contributed by atoms with Crippen molar-refractivity contribution in [2.75, 3.05) is 13.2 Å². The Morgan fingerprint density at radius 2 is 1.79 bits per heavy atom. The molecule has 7 heteroatoms. The topological polar surface area (TPSA) is 116 Å². The number of aliphatic hydroxyl groups is 4. The summed E-state index contributed by atoms with van der Waals surface area (Å²) in [6, 6.07) is 0. The standard InChI is InChI=1S/C12H20O7/c1-6(2)12(17)18-4-3-7-9(14)11(16)10(15)8(5-13)19-7/h7-11,13-16H,1,3-5H2,2H3/t7?,8-,9+,10+,11-/m1/s1. The van der Waals surface area contributed by atoms with Crippen LogP contribution in [0.15, 0.2) is 12.2 Å². The second-order valence-electron chi connectivity index (χ2n) is 4.57. The van der Waals surface area contributed by atoms with E-state index in [1.165, 1.54) is 6.92 Å². The van der Waals surface area contributed by atoms with Gasteiger partial charge < -0.3 is 29.9 Å². The lowest BCUT2D eigenvalue weighted by atomic mass is 9.94. The quantitative estimate of drug-likeness (QED) is 0.351. The third kappa shape index (κ3) is 3.99. The molecule has 0 aliphatic carbocycles. The van der Waals surface area contributed by atoms with Gasteiger partial charge in [-0.25, -0.2) is 4.79 Å². The molecule has 7 nitrogen and oxygen atoms in total. The van der Waals surface area contributed by atoms with Crippen molar-refractivity contribution in [3.63, 3.8) is 0 Å². The summed E-state index contributed by atoms with van der Waals surface area (Å²) in [5, 5.41) is 37.8. The van der Waals surface area contributed by atoms with Crippen molar-refractivity contribution in [3.05, 3.63) is 12.2 Å². The first-order valence-electron chi connectivity index (χ1n) is 6.01. The van der Waals surface area contributed by atoms with Crippen LogP contribution < -0.4 is 0 Å². The van der Waals surface area contributed by atoms with Crippen LogP contribution in [0.2, 0.25) is 0 Å². The number of carbonyl (C=O) groups is 1. The number of hydrogen-bond acceptors (Lipinski definition) is 7. The van der Waals surface area contributed by atoms with Crippen LogP contribution >= 0.6 is 0 Å². The molecule has 0 aromatic heterocycles. The smallest absolute Gasteiger partial charge is 0.333 e. The molecule has 4 N–H and O–H groups in total. The summed E-state index contributed by atoms with van der Waals surface area (Å²) in [5.41, 5.74) is 0.258. The molecule has 1 fully saturated rings. The average molecular weight is 276 g/mol. The van der Waals surface area contributed by atoms with Crippen LogP contribution in [0.25, 0.3) is 0 Å². The van der Waals surface area contributed by atoms with E-state index in [4.69, 9.17) is 14.6 Å². The summed E-state index contributed by atoms with van der Waals surface area (Å²) >= 11 is 0. The summed E-state index contributed by atoms with van der Waals surface area (Å²) in [5.74, 6) is -0.551. The zero-order chi connectivity index (χ0) is 14.6. The Bertz CT molecular complexity index is 328. The second-order valence-corrected chi connectivity index (χ2v) is 4.57. The SMILES string of the molecule is C=C(C)C(=O)OCCC1O[C@H](CO)[C@H](O)[C@H](O)[C@H]1O. The van der Waals surface area contributed by atoms with Crippen LogP contribution in [-0.2, 0) is 14.3 Å². The summed E-state index contributed by atoms with van der Waals surface area (Å²) in [6.45, 7) is 4.43. The molecule has 0 aromatic carbocycles. The van der Waals surface area contributed by atoms with Crippen molar-refractivity contribution < 1.29 is 34.7 Å². The molecule has 0 bridgehead atoms. The fourth-order valence-corrected chi connectivity index (χ4v) is 1.81. The molecule has 5 atom stereocenters. The number of ether oxygens (including phenoxy) is 2. The molecule has 1 unspecified atom stereocenters. The average Bonchev–Trinajstić information content (AvgIpc) is 2.38. The highest BCUT2D eigenvalue weighted by Crippen LogP contribution is 2.23. The van der Waals surface area contributed by atoms with Gasteiger partial charge in [0.05, 0.1) is 19.3 Å². The van der Waals surface area contributed by atoms with Gasteiger partial charge in [-0.05, 0) is 6.92 Å². The second kappa shape index (κ2) is 6.97. The Morgan fingerprint density at radius 3 is 2.32 bits per heavy atom. The first-order chi connectivity index (χ1) is 8.88. The lowest BCUT2D eigenvalue weighted by Crippen LogP contribution is -2.58. The summed E-state index contributed by atoms with van der Waals surface area (Å²) in [7, 11) is 0. The zero-order valence-corrected chi connectivity index (χ0v) is 10.7. The van der Waals surface area contributed by atoms with Gasteiger partial charge in [0.15, 0.2) is 0 Å². The molecule has 1 heterocycles. The molecule has 0 aromatic rings. The lowest BCUT2D eigenvalue weighted by Gasteiger charge is -2.40. The molecule has 0 radical (unpaired) electrons. The van der Waals surface area contributed by atoms with Crippen LogP contribution in [0.4, 0.5) is 0 Å². The first kappa shape index (κ1) is 16.1. The van der Waals surface area contributed by atoms with Gasteiger partial charge in [0, 0.05) is 12.0 Å². The molecule has 19 heavy (non-hydrogen) atoms. The molecule has 1 saturated heterocycles. The van der Waals surface area contributed by atoms with Gasteiger partial charge >= 0.3 is 5.97 Å². The Balaban J connectivity index is 2.48. The lowest BCUT2D eigenvalue weighted by molar-refractivity contribution is -0.232. The maximum Gasteiger partial charge on any atom is 0.333 e. The van der Waals surface area contributed by atoms with Crippen molar-refractivity contribution in [1.82, 2.24) is 0 Å². The largest absolute Gasteiger partial charge is 0.462 e. The normalized spacial score (nSPS) is 34.9. The number of hydrogen-bond donors (Lipinski definition) is 4. The van der Waals surface area contributed by atoms with Crippen LogP contribution in [0.5, 0.6) is 0 Å². The van der Waals surface area contributed by atoms with Gasteiger partial charge in [-0.15, -0.1) is 0 Å². The highest BCUT2D eigenvalue weighted by atomic mass is 16.6. The third-order valence-electron chi connectivity index (χ3n) is 2.98. The van der Waals surface area contributed by atoms with E-state index < -0.39 is 43.1 Å². The first-order valence-corrected chi connectivity index (χ1v) is 6.01. The minimum atomic E-state index is -1.41. The van der Waals surface area contributed by atoms with Crippen LogP contribution in [-0.4, -0.2) is 70.1 Å². The van der Waals surface area contributed by atoms with E-state index in [0.29, 0.717) is 0 Å². The number of esters is 1. The highest BCUT2D eigenvalue weighted by Gasteiger charge is 2.43. The number of rotatable bonds is 5. The van der Waals surface area contributed by atoms with Crippen molar-refractivity contribution in [2.45, 2.75) is 43.9 Å². The van der Waals surface area contributed by atoms with Crippen molar-refractivity contribution in [2.24, 2.45) is 0 Å². The van der Waals surface area contributed by atoms with Crippen molar-refractivity contribution in [1.29, 1.82) is 0 Å². The van der Waals surface area contributed by atoms with E-state index in [1.54, 1.807) is 0 Å². The van der Waals surface area contributed by atoms with Gasteiger partial charge in [-0.2, -0.15) is 0 Å². The van der Waals surface area contributed by atoms with Gasteiger partial charge in [0.2, 0.25) is 0 Å². The van der Waals surface area contributed by atoms with Gasteiger partial charge in [-0.1, -0.05) is 6.58 Å². The van der Waals surface area contributed by atoms with Crippen LogP contribution in [0, 0.1) is 0 Å². The highest BCUT2D eigenvalue weighted by molar-refractivity contribution is 5.86. The third-order valence-corrected chi connectivity index (χ3v) is 2.98. The molecule has 1 aliphatic rings. The van der Waals surface area contributed by atoms with Crippen LogP contribution in [0.3, 0.4) is 0 Å². The van der Waals surface area contributed by atoms with E-state index in [2.05, 4.69) is 6.58 Å². The zero-order valence-electron chi connectivity index (χ0n) is 10.7. The molecule has 1 rings (SSSR count). The van der Waals surface area contributed by atoms with Gasteiger partial charge in [0.1, 0.15) is 24.4 Å². The van der Waals surface area contributed by atoms with E-state index in [9.17, 15) is 20.1 Å².